The molecule has 1 saturated heterocycles. The van der Waals surface area contributed by atoms with E-state index in [1.165, 1.54) is 5.56 Å². The minimum absolute atomic E-state index is 0.0838. The molecule has 2 aliphatic rings. The van der Waals surface area contributed by atoms with Gasteiger partial charge in [-0.3, -0.25) is 0 Å². The van der Waals surface area contributed by atoms with Gasteiger partial charge in [-0.15, -0.1) is 0 Å². The fraction of sp³-hybridized carbons (Fsp3) is 0.727. The highest BCUT2D eigenvalue weighted by molar-refractivity contribution is 5.28. The molecule has 1 unspecified atom stereocenters. The number of ether oxygens (including phenoxy) is 3. The van der Waals surface area contributed by atoms with E-state index in [1.54, 1.807) is 7.11 Å². The van der Waals surface area contributed by atoms with Crippen LogP contribution in [-0.2, 0) is 9.47 Å². The summed E-state index contributed by atoms with van der Waals surface area (Å²) in [5, 5.41) is 14.5. The SMILES string of the molecule is COc1ccc(C(C)NCCC2(O)CCC3(CC2)OCC(C)(C)CO3)cc1. The molecule has 0 amide bonds. The van der Waals surface area contributed by atoms with Crippen molar-refractivity contribution >= 4 is 0 Å². The Morgan fingerprint density at radius 1 is 1.07 bits per heavy atom. The zero-order valence-electron chi connectivity index (χ0n) is 17.2. The summed E-state index contributed by atoms with van der Waals surface area (Å²) >= 11 is 0. The van der Waals surface area contributed by atoms with E-state index in [0.29, 0.717) is 0 Å². The predicted octanol–water partition coefficient (Wildman–Crippen LogP) is 3.81. The number of nitrogens with one attached hydrogen (secondary N) is 1. The lowest BCUT2D eigenvalue weighted by Crippen LogP contribution is -2.52. The van der Waals surface area contributed by atoms with Crippen molar-refractivity contribution < 1.29 is 19.3 Å². The molecule has 1 heterocycles. The third-order valence-corrected chi connectivity index (χ3v) is 6.05. The van der Waals surface area contributed by atoms with Gasteiger partial charge in [0.05, 0.1) is 25.9 Å². The maximum absolute atomic E-state index is 11.0. The van der Waals surface area contributed by atoms with Crippen LogP contribution in [0, 0.1) is 5.41 Å². The third-order valence-electron chi connectivity index (χ3n) is 6.05. The number of hydrogen-bond acceptors (Lipinski definition) is 5. The molecule has 0 radical (unpaired) electrons. The van der Waals surface area contributed by atoms with Crippen LogP contribution in [0.3, 0.4) is 0 Å². The van der Waals surface area contributed by atoms with Gasteiger partial charge >= 0.3 is 0 Å². The van der Waals surface area contributed by atoms with Crippen molar-refractivity contribution in [2.24, 2.45) is 5.41 Å². The maximum atomic E-state index is 11.0. The molecular formula is C22H35NO4. The molecule has 0 bridgehead atoms. The number of methoxy groups -OCH3 is 1. The van der Waals surface area contributed by atoms with E-state index in [-0.39, 0.29) is 11.5 Å². The van der Waals surface area contributed by atoms with Gasteiger partial charge < -0.3 is 24.6 Å². The van der Waals surface area contributed by atoms with Crippen LogP contribution in [0.4, 0.5) is 0 Å². The lowest BCUT2D eigenvalue weighted by molar-refractivity contribution is -0.319. The topological polar surface area (TPSA) is 60.0 Å². The highest BCUT2D eigenvalue weighted by Crippen LogP contribution is 2.43. The molecule has 152 valence electrons. The second-order valence-electron chi connectivity index (χ2n) is 9.08. The standard InChI is InChI=1S/C22H35NO4/c1-17(18-5-7-19(25-4)8-6-18)23-14-13-21(24)9-11-22(12-10-21)26-15-20(2,3)16-27-22/h5-8,17,23-24H,9-16H2,1-4H3. The summed E-state index contributed by atoms with van der Waals surface area (Å²) in [7, 11) is 1.68. The van der Waals surface area contributed by atoms with E-state index in [9.17, 15) is 5.11 Å². The van der Waals surface area contributed by atoms with Gasteiger partial charge in [0.1, 0.15) is 5.75 Å². The summed E-state index contributed by atoms with van der Waals surface area (Å²) in [6.45, 7) is 8.71. The Bertz CT molecular complexity index is 593. The van der Waals surface area contributed by atoms with Crippen LogP contribution >= 0.6 is 0 Å². The second kappa shape index (κ2) is 8.08. The van der Waals surface area contributed by atoms with Crippen molar-refractivity contribution in [2.75, 3.05) is 26.9 Å². The normalized spacial score (nSPS) is 24.5. The molecule has 1 atom stereocenters. The molecule has 27 heavy (non-hydrogen) atoms. The van der Waals surface area contributed by atoms with Crippen LogP contribution in [0.1, 0.15) is 64.5 Å². The Balaban J connectivity index is 1.43. The Hall–Kier alpha value is -1.14. The zero-order valence-corrected chi connectivity index (χ0v) is 17.2. The van der Waals surface area contributed by atoms with Crippen LogP contribution in [-0.4, -0.2) is 43.4 Å². The molecule has 1 aliphatic carbocycles. The van der Waals surface area contributed by atoms with Gasteiger partial charge in [-0.2, -0.15) is 0 Å². The maximum Gasteiger partial charge on any atom is 0.168 e. The lowest BCUT2D eigenvalue weighted by Gasteiger charge is -2.48. The zero-order chi connectivity index (χ0) is 19.5. The van der Waals surface area contributed by atoms with Gasteiger partial charge in [-0.25, -0.2) is 0 Å². The molecule has 2 N–H and O–H groups in total. The molecule has 5 heteroatoms. The van der Waals surface area contributed by atoms with E-state index < -0.39 is 11.4 Å². The molecule has 5 nitrogen and oxygen atoms in total. The average Bonchev–Trinajstić information content (AvgIpc) is 2.67. The summed E-state index contributed by atoms with van der Waals surface area (Å²) in [5.41, 5.74) is 0.676. The number of benzene rings is 1. The monoisotopic (exact) mass is 377 g/mol. The summed E-state index contributed by atoms with van der Waals surface area (Å²) in [4.78, 5) is 0. The van der Waals surface area contributed by atoms with E-state index in [0.717, 1.165) is 57.6 Å². The highest BCUT2D eigenvalue weighted by Gasteiger charge is 2.46. The fourth-order valence-corrected chi connectivity index (χ4v) is 3.90. The predicted molar refractivity (Wildman–Crippen MR) is 106 cm³/mol. The summed E-state index contributed by atoms with van der Waals surface area (Å²) in [5.74, 6) is 0.401. The molecular weight excluding hydrogens is 342 g/mol. The van der Waals surface area contributed by atoms with Gasteiger partial charge in [-0.05, 0) is 50.4 Å². The molecule has 1 saturated carbocycles. The Morgan fingerprint density at radius 3 is 2.22 bits per heavy atom. The first-order chi connectivity index (χ1) is 12.7. The van der Waals surface area contributed by atoms with Gasteiger partial charge in [0, 0.05) is 24.3 Å². The van der Waals surface area contributed by atoms with Gasteiger partial charge in [0.2, 0.25) is 0 Å². The molecule has 1 aromatic carbocycles. The van der Waals surface area contributed by atoms with Crippen LogP contribution < -0.4 is 10.1 Å². The number of rotatable bonds is 6. The molecule has 1 spiro atoms. The fourth-order valence-electron chi connectivity index (χ4n) is 3.90. The van der Waals surface area contributed by atoms with Crippen LogP contribution in [0.15, 0.2) is 24.3 Å². The molecule has 3 rings (SSSR count). The van der Waals surface area contributed by atoms with Gasteiger partial charge in [0.25, 0.3) is 0 Å². The van der Waals surface area contributed by atoms with Crippen molar-refractivity contribution in [3.05, 3.63) is 29.8 Å². The first kappa shape index (κ1) is 20.6. The summed E-state index contributed by atoms with van der Waals surface area (Å²) in [6.07, 6.45) is 3.74. The highest BCUT2D eigenvalue weighted by atomic mass is 16.7. The second-order valence-corrected chi connectivity index (χ2v) is 9.08. The van der Waals surface area contributed by atoms with Crippen LogP contribution in [0.5, 0.6) is 5.75 Å². The van der Waals surface area contributed by atoms with Crippen molar-refractivity contribution in [1.82, 2.24) is 5.32 Å². The summed E-state index contributed by atoms with van der Waals surface area (Å²) < 4.78 is 17.4. The van der Waals surface area contributed by atoms with Crippen molar-refractivity contribution in [2.45, 2.75) is 70.3 Å². The molecule has 1 aromatic rings. The number of hydrogen-bond donors (Lipinski definition) is 2. The molecule has 2 fully saturated rings. The first-order valence-electron chi connectivity index (χ1n) is 10.1. The van der Waals surface area contributed by atoms with Gasteiger partial charge in [0.15, 0.2) is 5.79 Å². The Morgan fingerprint density at radius 2 is 1.67 bits per heavy atom. The van der Waals surface area contributed by atoms with Crippen molar-refractivity contribution in [3.63, 3.8) is 0 Å². The van der Waals surface area contributed by atoms with Crippen molar-refractivity contribution in [1.29, 1.82) is 0 Å². The Kier molecular flexibility index (Phi) is 6.16. The third kappa shape index (κ3) is 5.23. The van der Waals surface area contributed by atoms with Gasteiger partial charge in [-0.1, -0.05) is 26.0 Å². The minimum atomic E-state index is -0.627. The number of aliphatic hydroxyl groups is 1. The van der Waals surface area contributed by atoms with E-state index in [2.05, 4.69) is 38.2 Å². The lowest BCUT2D eigenvalue weighted by atomic mass is 9.78. The average molecular weight is 378 g/mol. The summed E-state index contributed by atoms with van der Waals surface area (Å²) in [6, 6.07) is 8.35. The van der Waals surface area contributed by atoms with Crippen molar-refractivity contribution in [3.8, 4) is 5.75 Å². The first-order valence-corrected chi connectivity index (χ1v) is 10.1. The smallest absolute Gasteiger partial charge is 0.168 e. The molecule has 1 aliphatic heterocycles. The minimum Gasteiger partial charge on any atom is -0.497 e. The van der Waals surface area contributed by atoms with E-state index in [4.69, 9.17) is 14.2 Å². The van der Waals surface area contributed by atoms with E-state index in [1.807, 2.05) is 12.1 Å². The van der Waals surface area contributed by atoms with E-state index >= 15 is 0 Å². The Labute approximate surface area is 163 Å². The quantitative estimate of drug-likeness (QED) is 0.789. The molecule has 0 aromatic heterocycles. The van der Waals surface area contributed by atoms with Crippen LogP contribution in [0.25, 0.3) is 0 Å². The van der Waals surface area contributed by atoms with Crippen LogP contribution in [0.2, 0.25) is 0 Å². The largest absolute Gasteiger partial charge is 0.497 e.